The lowest BCUT2D eigenvalue weighted by Gasteiger charge is -2.10. The second-order valence-corrected chi connectivity index (χ2v) is 7.12. The van der Waals surface area contributed by atoms with Crippen LogP contribution >= 0.6 is 11.8 Å². The highest BCUT2D eigenvalue weighted by atomic mass is 32.2. The monoisotopic (exact) mass is 381 g/mol. The second-order valence-electron chi connectivity index (χ2n) is 6.06. The molecule has 0 fully saturated rings. The zero-order valence-electron chi connectivity index (χ0n) is 15.1. The third-order valence-electron chi connectivity index (χ3n) is 4.37. The average molecular weight is 381 g/mol. The second kappa shape index (κ2) is 7.36. The zero-order valence-corrected chi connectivity index (χ0v) is 15.9. The van der Waals surface area contributed by atoms with Gasteiger partial charge in [0, 0.05) is 35.3 Å². The number of rotatable bonds is 5. The van der Waals surface area contributed by atoms with Gasteiger partial charge in [-0.15, -0.1) is 0 Å². The highest BCUT2D eigenvalue weighted by Crippen LogP contribution is 2.30. The summed E-state index contributed by atoms with van der Waals surface area (Å²) in [5.41, 5.74) is 3.10. The lowest BCUT2D eigenvalue weighted by Crippen LogP contribution is -2.12. The summed E-state index contributed by atoms with van der Waals surface area (Å²) < 4.78 is 12.6. The number of hydrogen-bond donors (Lipinski definition) is 1. The average Bonchev–Trinajstić information content (AvgIpc) is 3.30. The van der Waals surface area contributed by atoms with E-state index < -0.39 is 0 Å². The van der Waals surface area contributed by atoms with Crippen LogP contribution in [0.5, 0.6) is 11.5 Å². The number of aryl methyl sites for hydroxylation is 1. The Morgan fingerprint density at radius 2 is 2.00 bits per heavy atom. The Labute approximate surface area is 161 Å². The molecule has 0 atom stereocenters. The van der Waals surface area contributed by atoms with E-state index in [-0.39, 0.29) is 5.91 Å². The molecule has 0 unspecified atom stereocenters. The highest BCUT2D eigenvalue weighted by Gasteiger charge is 2.16. The van der Waals surface area contributed by atoms with E-state index in [1.807, 2.05) is 24.3 Å². The molecule has 0 radical (unpaired) electrons. The number of thioether (sulfide) groups is 1. The molecule has 2 heterocycles. The van der Waals surface area contributed by atoms with Gasteiger partial charge in [0.1, 0.15) is 0 Å². The molecule has 1 aliphatic heterocycles. The molecular formula is C20H19N3O3S. The number of amides is 1. The molecule has 0 saturated heterocycles. The molecule has 0 saturated carbocycles. The molecule has 0 aliphatic carbocycles. The van der Waals surface area contributed by atoms with Crippen molar-refractivity contribution in [1.29, 1.82) is 0 Å². The smallest absolute Gasteiger partial charge is 0.255 e. The molecule has 0 bridgehead atoms. The number of ether oxygens (including phenoxy) is 2. The minimum atomic E-state index is -0.212. The van der Waals surface area contributed by atoms with Gasteiger partial charge in [-0.3, -0.25) is 4.79 Å². The minimum Gasteiger partial charge on any atom is -0.493 e. The fraction of sp³-hybridized carbons (Fsp3) is 0.200. The molecule has 138 valence electrons. The fourth-order valence-electron chi connectivity index (χ4n) is 2.99. The number of carbonyl (C=O) groups excluding carboxylic acids is 1. The van der Waals surface area contributed by atoms with E-state index in [0.717, 1.165) is 28.7 Å². The van der Waals surface area contributed by atoms with Crippen molar-refractivity contribution in [2.24, 2.45) is 0 Å². The summed E-state index contributed by atoms with van der Waals surface area (Å²) in [6.07, 6.45) is 2.06. The van der Waals surface area contributed by atoms with Crippen LogP contribution in [0, 0.1) is 0 Å². The molecule has 4 rings (SSSR count). The molecule has 27 heavy (non-hydrogen) atoms. The maximum absolute atomic E-state index is 12.6. The van der Waals surface area contributed by atoms with Crippen molar-refractivity contribution >= 4 is 23.4 Å². The lowest BCUT2D eigenvalue weighted by molar-refractivity contribution is 0.102. The summed E-state index contributed by atoms with van der Waals surface area (Å²) in [5, 5.41) is 3.98. The Kier molecular flexibility index (Phi) is 4.77. The number of aromatic nitrogens is 2. The summed E-state index contributed by atoms with van der Waals surface area (Å²) in [6.45, 7) is 0.989. The summed E-state index contributed by atoms with van der Waals surface area (Å²) in [7, 11) is 3.11. The first-order valence-electron chi connectivity index (χ1n) is 8.51. The molecule has 1 N–H and O–H groups in total. The van der Waals surface area contributed by atoms with Crippen LogP contribution in [0.2, 0.25) is 0 Å². The van der Waals surface area contributed by atoms with Gasteiger partial charge in [-0.1, -0.05) is 23.9 Å². The maximum Gasteiger partial charge on any atom is 0.255 e. The van der Waals surface area contributed by atoms with Gasteiger partial charge < -0.3 is 19.4 Å². The van der Waals surface area contributed by atoms with Crippen molar-refractivity contribution in [1.82, 2.24) is 9.55 Å². The SMILES string of the molecule is COc1ccc(C(=O)Nc2cccc(-c3cn4c(n3)SCC4)c2)cc1OC. The molecular weight excluding hydrogens is 362 g/mol. The molecule has 6 nitrogen and oxygen atoms in total. The number of nitrogens with zero attached hydrogens (tertiary/aromatic N) is 2. The van der Waals surface area contributed by atoms with E-state index in [1.54, 1.807) is 44.2 Å². The van der Waals surface area contributed by atoms with Crippen LogP contribution in [0.1, 0.15) is 10.4 Å². The van der Waals surface area contributed by atoms with Gasteiger partial charge in [-0.25, -0.2) is 4.98 Å². The fourth-order valence-corrected chi connectivity index (χ4v) is 3.93. The molecule has 2 aromatic carbocycles. The Bertz CT molecular complexity index is 978. The minimum absolute atomic E-state index is 0.212. The van der Waals surface area contributed by atoms with Crippen molar-refractivity contribution in [3.8, 4) is 22.8 Å². The summed E-state index contributed by atoms with van der Waals surface area (Å²) in [6, 6.07) is 12.8. The van der Waals surface area contributed by atoms with E-state index in [0.29, 0.717) is 22.7 Å². The van der Waals surface area contributed by atoms with Gasteiger partial charge in [0.25, 0.3) is 5.91 Å². The van der Waals surface area contributed by atoms with Crippen LogP contribution in [0.3, 0.4) is 0 Å². The number of fused-ring (bicyclic) bond motifs is 1. The Hall–Kier alpha value is -2.93. The van der Waals surface area contributed by atoms with Gasteiger partial charge in [-0.2, -0.15) is 0 Å². The summed E-state index contributed by atoms with van der Waals surface area (Å²) >= 11 is 1.76. The van der Waals surface area contributed by atoms with Crippen LogP contribution in [0.4, 0.5) is 5.69 Å². The van der Waals surface area contributed by atoms with Gasteiger partial charge in [0.15, 0.2) is 16.7 Å². The van der Waals surface area contributed by atoms with Crippen molar-refractivity contribution in [2.45, 2.75) is 11.7 Å². The molecule has 0 spiro atoms. The first-order chi connectivity index (χ1) is 13.2. The number of benzene rings is 2. The van der Waals surface area contributed by atoms with E-state index in [9.17, 15) is 4.79 Å². The van der Waals surface area contributed by atoms with Crippen molar-refractivity contribution in [3.05, 3.63) is 54.2 Å². The zero-order chi connectivity index (χ0) is 18.8. The lowest BCUT2D eigenvalue weighted by atomic mass is 10.1. The Balaban J connectivity index is 1.55. The third kappa shape index (κ3) is 3.50. The topological polar surface area (TPSA) is 65.4 Å². The van der Waals surface area contributed by atoms with Crippen LogP contribution in [-0.2, 0) is 6.54 Å². The number of carbonyl (C=O) groups is 1. The highest BCUT2D eigenvalue weighted by molar-refractivity contribution is 7.99. The molecule has 3 aromatic rings. The maximum atomic E-state index is 12.6. The third-order valence-corrected chi connectivity index (χ3v) is 5.34. The number of methoxy groups -OCH3 is 2. The van der Waals surface area contributed by atoms with Crippen molar-refractivity contribution in [3.63, 3.8) is 0 Å². The first-order valence-corrected chi connectivity index (χ1v) is 9.50. The molecule has 1 aliphatic rings. The van der Waals surface area contributed by atoms with Crippen molar-refractivity contribution in [2.75, 3.05) is 25.3 Å². The van der Waals surface area contributed by atoms with Crippen LogP contribution in [-0.4, -0.2) is 35.4 Å². The molecule has 7 heteroatoms. The number of imidazole rings is 1. The molecule has 1 aromatic heterocycles. The van der Waals surface area contributed by atoms with Gasteiger partial charge in [0.2, 0.25) is 0 Å². The van der Waals surface area contributed by atoms with E-state index in [4.69, 9.17) is 9.47 Å². The summed E-state index contributed by atoms with van der Waals surface area (Å²) in [4.78, 5) is 17.3. The Morgan fingerprint density at radius 3 is 2.78 bits per heavy atom. The van der Waals surface area contributed by atoms with Crippen LogP contribution < -0.4 is 14.8 Å². The predicted molar refractivity (Wildman–Crippen MR) is 106 cm³/mol. The van der Waals surface area contributed by atoms with Crippen LogP contribution in [0.15, 0.2) is 53.8 Å². The normalized spacial score (nSPS) is 12.5. The van der Waals surface area contributed by atoms with E-state index in [2.05, 4.69) is 21.1 Å². The largest absolute Gasteiger partial charge is 0.493 e. The van der Waals surface area contributed by atoms with Gasteiger partial charge >= 0.3 is 0 Å². The van der Waals surface area contributed by atoms with Gasteiger partial charge in [-0.05, 0) is 30.3 Å². The number of hydrogen-bond acceptors (Lipinski definition) is 5. The quantitative estimate of drug-likeness (QED) is 0.726. The predicted octanol–water partition coefficient (Wildman–Crippen LogP) is 3.93. The standard InChI is InChI=1S/C20H19N3O3S/c1-25-17-7-6-14(11-18(17)26-2)19(24)21-15-5-3-4-13(10-15)16-12-23-8-9-27-20(23)22-16/h3-7,10-12H,8-9H2,1-2H3,(H,21,24). The van der Waals surface area contributed by atoms with E-state index in [1.165, 1.54) is 0 Å². The number of nitrogens with one attached hydrogen (secondary N) is 1. The van der Waals surface area contributed by atoms with Crippen LogP contribution in [0.25, 0.3) is 11.3 Å². The Morgan fingerprint density at radius 1 is 1.15 bits per heavy atom. The first kappa shape index (κ1) is 17.5. The van der Waals surface area contributed by atoms with Gasteiger partial charge in [0.05, 0.1) is 19.9 Å². The van der Waals surface area contributed by atoms with Crippen molar-refractivity contribution < 1.29 is 14.3 Å². The summed E-state index contributed by atoms with van der Waals surface area (Å²) in [5.74, 6) is 1.96. The van der Waals surface area contributed by atoms with E-state index >= 15 is 0 Å². The number of anilines is 1. The molecule has 1 amide bonds.